The minimum absolute atomic E-state index is 0.0977. The smallest absolute Gasteiger partial charge is 0.251 e. The topological polar surface area (TPSA) is 67.4 Å². The van der Waals surface area contributed by atoms with Crippen LogP contribution in [0.5, 0.6) is 5.75 Å². The Kier molecular flexibility index (Phi) is 4.44. The molecule has 1 aliphatic heterocycles. The molecule has 1 aliphatic carbocycles. The molecule has 5 nitrogen and oxygen atoms in total. The zero-order valence-electron chi connectivity index (χ0n) is 14.3. The highest BCUT2D eigenvalue weighted by Gasteiger charge is 2.23. The summed E-state index contributed by atoms with van der Waals surface area (Å²) in [6.45, 7) is 0.716. The van der Waals surface area contributed by atoms with Gasteiger partial charge in [-0.2, -0.15) is 0 Å². The number of ether oxygens (including phenoxy) is 1. The number of anilines is 1. The van der Waals surface area contributed by atoms with Crippen LogP contribution >= 0.6 is 0 Å². The lowest BCUT2D eigenvalue weighted by molar-refractivity contribution is -0.111. The number of hydrogen-bond acceptors (Lipinski definition) is 3. The number of carbonyl (C=O) groups excluding carboxylic acids is 2. The second kappa shape index (κ2) is 7.04. The van der Waals surface area contributed by atoms with E-state index in [0.717, 1.165) is 30.6 Å². The Morgan fingerprint density at radius 1 is 1.12 bits per heavy atom. The van der Waals surface area contributed by atoms with Crippen LogP contribution in [0.1, 0.15) is 34.3 Å². The molecule has 1 fully saturated rings. The molecule has 4 rings (SSSR count). The van der Waals surface area contributed by atoms with Gasteiger partial charge in [-0.3, -0.25) is 9.59 Å². The molecule has 0 spiro atoms. The predicted molar refractivity (Wildman–Crippen MR) is 100 cm³/mol. The Hall–Kier alpha value is -3.08. The standard InChI is InChI=1S/C21H20N2O3/c24-20(9-5-14-4-8-19-15(12-14)10-11-26-19)22-18-3-1-2-16(13-18)21(25)23-17-6-7-17/h1-5,8-9,12-13,17H,6-7,10-11H2,(H,22,24)(H,23,25)/b9-5+. The molecule has 0 atom stereocenters. The normalized spacial score (nSPS) is 15.4. The molecule has 2 aromatic rings. The molecule has 0 radical (unpaired) electrons. The minimum atomic E-state index is -0.235. The molecule has 2 aromatic carbocycles. The van der Waals surface area contributed by atoms with E-state index in [9.17, 15) is 9.59 Å². The first kappa shape index (κ1) is 16.4. The maximum Gasteiger partial charge on any atom is 0.251 e. The average molecular weight is 348 g/mol. The Morgan fingerprint density at radius 3 is 2.85 bits per heavy atom. The van der Waals surface area contributed by atoms with E-state index in [1.54, 1.807) is 30.3 Å². The lowest BCUT2D eigenvalue weighted by Crippen LogP contribution is -2.25. The van der Waals surface area contributed by atoms with Gasteiger partial charge in [0.05, 0.1) is 6.61 Å². The first-order valence-electron chi connectivity index (χ1n) is 8.83. The van der Waals surface area contributed by atoms with Crippen LogP contribution in [0.2, 0.25) is 0 Å². The zero-order chi connectivity index (χ0) is 17.9. The number of benzene rings is 2. The summed E-state index contributed by atoms with van der Waals surface area (Å²) in [7, 11) is 0. The summed E-state index contributed by atoms with van der Waals surface area (Å²) in [5, 5.41) is 5.74. The van der Waals surface area contributed by atoms with Crippen molar-refractivity contribution >= 4 is 23.6 Å². The molecular weight excluding hydrogens is 328 g/mol. The summed E-state index contributed by atoms with van der Waals surface area (Å²) in [6.07, 6.45) is 6.26. The van der Waals surface area contributed by atoms with Gasteiger partial charge in [-0.05, 0) is 60.4 Å². The number of fused-ring (bicyclic) bond motifs is 1. The fourth-order valence-corrected chi connectivity index (χ4v) is 2.90. The van der Waals surface area contributed by atoms with E-state index in [-0.39, 0.29) is 11.8 Å². The molecule has 2 amide bonds. The zero-order valence-corrected chi connectivity index (χ0v) is 14.3. The molecular formula is C21H20N2O3. The van der Waals surface area contributed by atoms with E-state index in [4.69, 9.17) is 4.74 Å². The van der Waals surface area contributed by atoms with Crippen LogP contribution in [0.25, 0.3) is 6.08 Å². The second-order valence-electron chi connectivity index (χ2n) is 6.62. The minimum Gasteiger partial charge on any atom is -0.493 e. The molecule has 132 valence electrons. The molecule has 0 saturated heterocycles. The van der Waals surface area contributed by atoms with E-state index in [1.807, 2.05) is 18.2 Å². The van der Waals surface area contributed by atoms with E-state index >= 15 is 0 Å². The van der Waals surface area contributed by atoms with Crippen molar-refractivity contribution in [1.82, 2.24) is 5.32 Å². The van der Waals surface area contributed by atoms with Gasteiger partial charge in [0.25, 0.3) is 5.91 Å². The van der Waals surface area contributed by atoms with E-state index < -0.39 is 0 Å². The maximum atomic E-state index is 12.2. The first-order valence-corrected chi connectivity index (χ1v) is 8.83. The Morgan fingerprint density at radius 2 is 2.00 bits per heavy atom. The Labute approximate surface area is 152 Å². The first-order chi connectivity index (χ1) is 12.7. The van der Waals surface area contributed by atoms with Gasteiger partial charge in [-0.15, -0.1) is 0 Å². The number of nitrogens with one attached hydrogen (secondary N) is 2. The van der Waals surface area contributed by atoms with Crippen LogP contribution in [0.4, 0.5) is 5.69 Å². The summed E-state index contributed by atoms with van der Waals surface area (Å²) >= 11 is 0. The van der Waals surface area contributed by atoms with Gasteiger partial charge in [-0.1, -0.05) is 12.1 Å². The van der Waals surface area contributed by atoms with Crippen LogP contribution in [-0.2, 0) is 11.2 Å². The lowest BCUT2D eigenvalue weighted by Gasteiger charge is -2.06. The van der Waals surface area contributed by atoms with Crippen molar-refractivity contribution in [3.63, 3.8) is 0 Å². The largest absolute Gasteiger partial charge is 0.493 e. The van der Waals surface area contributed by atoms with Crippen LogP contribution in [0.3, 0.4) is 0 Å². The molecule has 5 heteroatoms. The molecule has 0 unspecified atom stereocenters. The third kappa shape index (κ3) is 3.94. The molecule has 0 aromatic heterocycles. The second-order valence-corrected chi connectivity index (χ2v) is 6.62. The molecule has 26 heavy (non-hydrogen) atoms. The molecule has 1 saturated carbocycles. The van der Waals surface area contributed by atoms with Crippen molar-refractivity contribution in [2.75, 3.05) is 11.9 Å². The number of rotatable bonds is 5. The number of amides is 2. The fraction of sp³-hybridized carbons (Fsp3) is 0.238. The molecule has 2 N–H and O–H groups in total. The van der Waals surface area contributed by atoms with Gasteiger partial charge in [0.2, 0.25) is 5.91 Å². The quantitative estimate of drug-likeness (QED) is 0.816. The van der Waals surface area contributed by atoms with Crippen LogP contribution in [-0.4, -0.2) is 24.5 Å². The Bertz CT molecular complexity index is 885. The highest BCUT2D eigenvalue weighted by atomic mass is 16.5. The summed E-state index contributed by atoms with van der Waals surface area (Å²) < 4.78 is 5.48. The fourth-order valence-electron chi connectivity index (χ4n) is 2.90. The monoisotopic (exact) mass is 348 g/mol. The van der Waals surface area contributed by atoms with Crippen molar-refractivity contribution in [3.8, 4) is 5.75 Å². The van der Waals surface area contributed by atoms with Crippen molar-refractivity contribution in [2.45, 2.75) is 25.3 Å². The van der Waals surface area contributed by atoms with Crippen LogP contribution < -0.4 is 15.4 Å². The highest BCUT2D eigenvalue weighted by molar-refractivity contribution is 6.03. The van der Waals surface area contributed by atoms with Crippen LogP contribution in [0, 0.1) is 0 Å². The van der Waals surface area contributed by atoms with Gasteiger partial charge < -0.3 is 15.4 Å². The van der Waals surface area contributed by atoms with E-state index in [0.29, 0.717) is 23.9 Å². The predicted octanol–water partition coefficient (Wildman–Crippen LogP) is 3.17. The molecule has 1 heterocycles. The van der Waals surface area contributed by atoms with Crippen molar-refractivity contribution in [1.29, 1.82) is 0 Å². The average Bonchev–Trinajstić information content (AvgIpc) is 3.33. The van der Waals surface area contributed by atoms with Crippen molar-refractivity contribution in [3.05, 3.63) is 65.2 Å². The number of carbonyl (C=O) groups is 2. The van der Waals surface area contributed by atoms with Crippen molar-refractivity contribution in [2.24, 2.45) is 0 Å². The third-order valence-corrected chi connectivity index (χ3v) is 4.45. The highest BCUT2D eigenvalue weighted by Crippen LogP contribution is 2.26. The van der Waals surface area contributed by atoms with Gasteiger partial charge in [0.1, 0.15) is 5.75 Å². The molecule has 2 aliphatic rings. The van der Waals surface area contributed by atoms with Crippen LogP contribution in [0.15, 0.2) is 48.5 Å². The van der Waals surface area contributed by atoms with Gasteiger partial charge in [0, 0.05) is 29.8 Å². The van der Waals surface area contributed by atoms with E-state index in [1.165, 1.54) is 11.6 Å². The lowest BCUT2D eigenvalue weighted by atomic mass is 10.1. The Balaban J connectivity index is 1.39. The summed E-state index contributed by atoms with van der Waals surface area (Å²) in [5.41, 5.74) is 3.28. The van der Waals surface area contributed by atoms with Gasteiger partial charge >= 0.3 is 0 Å². The summed E-state index contributed by atoms with van der Waals surface area (Å²) in [5.74, 6) is 0.592. The van der Waals surface area contributed by atoms with Gasteiger partial charge in [0.15, 0.2) is 0 Å². The van der Waals surface area contributed by atoms with E-state index in [2.05, 4.69) is 10.6 Å². The maximum absolute atomic E-state index is 12.2. The van der Waals surface area contributed by atoms with Crippen molar-refractivity contribution < 1.29 is 14.3 Å². The summed E-state index contributed by atoms with van der Waals surface area (Å²) in [4.78, 5) is 24.3. The third-order valence-electron chi connectivity index (χ3n) is 4.45. The SMILES string of the molecule is O=C(/C=C/c1ccc2c(c1)CCO2)Nc1cccc(C(=O)NC2CC2)c1. The molecule has 0 bridgehead atoms. The summed E-state index contributed by atoms with van der Waals surface area (Å²) in [6, 6.07) is 13.2. The number of hydrogen-bond donors (Lipinski definition) is 2. The van der Waals surface area contributed by atoms with Gasteiger partial charge in [-0.25, -0.2) is 0 Å².